The minimum atomic E-state index is -0.152. The van der Waals surface area contributed by atoms with Gasteiger partial charge in [0.25, 0.3) is 0 Å². The Kier molecular flexibility index (Phi) is 4.19. The van der Waals surface area contributed by atoms with Crippen molar-refractivity contribution in [3.8, 4) is 5.75 Å². The Morgan fingerprint density at radius 2 is 1.55 bits per heavy atom. The van der Waals surface area contributed by atoms with Crippen LogP contribution in [-0.2, 0) is 10.8 Å². The Hall–Kier alpha value is -2.03. The van der Waals surface area contributed by atoms with Crippen molar-refractivity contribution in [3.05, 3.63) is 47.4 Å². The number of phenols is 1. The molecule has 3 heteroatoms. The Labute approximate surface area is 132 Å². The first kappa shape index (κ1) is 16.3. The molecule has 0 fully saturated rings. The number of aliphatic imine (C=N–C) groups is 1. The number of rotatable bonds is 2. The van der Waals surface area contributed by atoms with Gasteiger partial charge in [-0.3, -0.25) is 4.99 Å². The first-order valence-corrected chi connectivity index (χ1v) is 7.54. The molecule has 0 saturated heterocycles. The molecule has 1 aromatic carbocycles. The van der Waals surface area contributed by atoms with Crippen LogP contribution < -0.4 is 0 Å². The molecule has 0 bridgehead atoms. The van der Waals surface area contributed by atoms with Crippen LogP contribution in [0.25, 0.3) is 0 Å². The van der Waals surface area contributed by atoms with Crippen molar-refractivity contribution in [1.82, 2.24) is 0 Å². The molecule has 2 rings (SSSR count). The second-order valence-corrected chi connectivity index (χ2v) is 7.66. The predicted molar refractivity (Wildman–Crippen MR) is 91.5 cm³/mol. The molecule has 2 aromatic rings. The summed E-state index contributed by atoms with van der Waals surface area (Å²) in [6.45, 7) is 12.6. The number of benzene rings is 1. The number of phenolic OH excluding ortho intramolecular Hbond substituents is 1. The first-order valence-electron chi connectivity index (χ1n) is 7.54. The van der Waals surface area contributed by atoms with Crippen LogP contribution in [0.3, 0.4) is 0 Å². The largest absolute Gasteiger partial charge is 0.507 e. The van der Waals surface area contributed by atoms with Crippen molar-refractivity contribution in [2.45, 2.75) is 52.4 Å². The second kappa shape index (κ2) is 5.64. The van der Waals surface area contributed by atoms with Gasteiger partial charge in [-0.15, -0.1) is 0 Å². The lowest BCUT2D eigenvalue weighted by Gasteiger charge is -2.27. The molecular formula is C19H25NO2. The van der Waals surface area contributed by atoms with Crippen molar-refractivity contribution in [3.63, 3.8) is 0 Å². The van der Waals surface area contributed by atoms with Crippen molar-refractivity contribution in [1.29, 1.82) is 0 Å². The summed E-state index contributed by atoms with van der Waals surface area (Å²) in [5.41, 5.74) is 2.34. The van der Waals surface area contributed by atoms with Gasteiger partial charge in [-0.25, -0.2) is 0 Å². The Balaban J connectivity index is 2.55. The summed E-state index contributed by atoms with van der Waals surface area (Å²) < 4.78 is 5.28. The van der Waals surface area contributed by atoms with Gasteiger partial charge in [0.1, 0.15) is 11.5 Å². The third-order valence-corrected chi connectivity index (χ3v) is 3.59. The van der Waals surface area contributed by atoms with Crippen LogP contribution >= 0.6 is 0 Å². The molecule has 3 nitrogen and oxygen atoms in total. The smallest absolute Gasteiger partial charge is 0.144 e. The molecular weight excluding hydrogens is 274 g/mol. The fourth-order valence-electron chi connectivity index (χ4n) is 2.34. The van der Waals surface area contributed by atoms with Gasteiger partial charge in [-0.2, -0.15) is 0 Å². The zero-order valence-electron chi connectivity index (χ0n) is 14.3. The van der Waals surface area contributed by atoms with E-state index in [4.69, 9.17) is 4.42 Å². The molecule has 0 atom stereocenters. The van der Waals surface area contributed by atoms with Gasteiger partial charge in [0.15, 0.2) is 0 Å². The van der Waals surface area contributed by atoms with Gasteiger partial charge in [0.05, 0.1) is 18.2 Å². The highest BCUT2D eigenvalue weighted by molar-refractivity contribution is 5.79. The lowest BCUT2D eigenvalue weighted by molar-refractivity contribution is 0.423. The molecule has 0 aliphatic heterocycles. The quantitative estimate of drug-likeness (QED) is 0.762. The summed E-state index contributed by atoms with van der Waals surface area (Å²) in [6, 6.07) is 7.59. The van der Waals surface area contributed by atoms with Gasteiger partial charge < -0.3 is 9.52 Å². The zero-order chi connectivity index (χ0) is 16.5. The second-order valence-electron chi connectivity index (χ2n) is 7.66. The SMILES string of the molecule is CC(C)(C)c1cc(N=Cc2ccco2)cc(C(C)(C)C)c1O. The number of hydrogen-bond donors (Lipinski definition) is 1. The summed E-state index contributed by atoms with van der Waals surface area (Å²) in [4.78, 5) is 4.51. The molecule has 1 heterocycles. The maximum atomic E-state index is 10.7. The van der Waals surface area contributed by atoms with E-state index in [1.807, 2.05) is 24.3 Å². The summed E-state index contributed by atoms with van der Waals surface area (Å²) in [6.07, 6.45) is 3.32. The van der Waals surface area contributed by atoms with Crippen LogP contribution in [0.4, 0.5) is 5.69 Å². The van der Waals surface area contributed by atoms with Gasteiger partial charge in [-0.1, -0.05) is 41.5 Å². The van der Waals surface area contributed by atoms with Crippen LogP contribution in [0.5, 0.6) is 5.75 Å². The molecule has 0 saturated carbocycles. The van der Waals surface area contributed by atoms with E-state index in [1.54, 1.807) is 12.5 Å². The van der Waals surface area contributed by atoms with Gasteiger partial charge >= 0.3 is 0 Å². The molecule has 0 unspecified atom stereocenters. The van der Waals surface area contributed by atoms with Crippen LogP contribution in [0, 0.1) is 0 Å². The summed E-state index contributed by atoms with van der Waals surface area (Å²) in [7, 11) is 0. The number of nitrogens with zero attached hydrogens (tertiary/aromatic N) is 1. The lowest BCUT2D eigenvalue weighted by Crippen LogP contribution is -2.16. The van der Waals surface area contributed by atoms with E-state index in [-0.39, 0.29) is 10.8 Å². The monoisotopic (exact) mass is 299 g/mol. The highest BCUT2D eigenvalue weighted by atomic mass is 16.3. The van der Waals surface area contributed by atoms with Crippen molar-refractivity contribution in [2.75, 3.05) is 0 Å². The summed E-state index contributed by atoms with van der Waals surface area (Å²) >= 11 is 0. The maximum absolute atomic E-state index is 10.7. The molecule has 1 aromatic heterocycles. The Morgan fingerprint density at radius 3 is 1.95 bits per heavy atom. The van der Waals surface area contributed by atoms with E-state index in [1.165, 1.54) is 0 Å². The van der Waals surface area contributed by atoms with E-state index < -0.39 is 0 Å². The number of aromatic hydroxyl groups is 1. The predicted octanol–water partition coefficient (Wildman–Crippen LogP) is 5.33. The molecule has 0 aliphatic carbocycles. The van der Waals surface area contributed by atoms with Crippen molar-refractivity contribution < 1.29 is 9.52 Å². The summed E-state index contributed by atoms with van der Waals surface area (Å²) in [5, 5.41) is 10.7. The molecule has 0 spiro atoms. The summed E-state index contributed by atoms with van der Waals surface area (Å²) in [5.74, 6) is 1.08. The highest BCUT2D eigenvalue weighted by Gasteiger charge is 2.26. The normalized spacial score (nSPS) is 13.0. The molecule has 0 amide bonds. The molecule has 0 radical (unpaired) electrons. The minimum Gasteiger partial charge on any atom is -0.507 e. The third kappa shape index (κ3) is 3.59. The zero-order valence-corrected chi connectivity index (χ0v) is 14.3. The van der Waals surface area contributed by atoms with E-state index >= 15 is 0 Å². The van der Waals surface area contributed by atoms with Gasteiger partial charge in [0.2, 0.25) is 0 Å². The first-order chi connectivity index (χ1) is 10.1. The van der Waals surface area contributed by atoms with E-state index in [0.717, 1.165) is 16.8 Å². The average molecular weight is 299 g/mol. The minimum absolute atomic E-state index is 0.152. The number of hydrogen-bond acceptors (Lipinski definition) is 3. The van der Waals surface area contributed by atoms with E-state index in [2.05, 4.69) is 46.5 Å². The molecule has 0 aliphatic rings. The molecule has 1 N–H and O–H groups in total. The standard InChI is InChI=1S/C19H25NO2/c1-18(2,3)15-10-13(20-12-14-8-7-9-22-14)11-16(17(15)21)19(4,5)6/h7-12,21H,1-6H3. The van der Waals surface area contributed by atoms with Crippen molar-refractivity contribution >= 4 is 11.9 Å². The van der Waals surface area contributed by atoms with Crippen LogP contribution in [-0.4, -0.2) is 11.3 Å². The van der Waals surface area contributed by atoms with E-state index in [9.17, 15) is 5.11 Å². The average Bonchev–Trinajstić information content (AvgIpc) is 2.87. The van der Waals surface area contributed by atoms with Crippen LogP contribution in [0.15, 0.2) is 39.9 Å². The fourth-order valence-corrected chi connectivity index (χ4v) is 2.34. The molecule has 22 heavy (non-hydrogen) atoms. The Morgan fingerprint density at radius 1 is 1.00 bits per heavy atom. The van der Waals surface area contributed by atoms with Gasteiger partial charge in [-0.05, 0) is 35.1 Å². The highest BCUT2D eigenvalue weighted by Crippen LogP contribution is 2.41. The van der Waals surface area contributed by atoms with Gasteiger partial charge in [0, 0.05) is 11.1 Å². The lowest BCUT2D eigenvalue weighted by atomic mass is 9.79. The van der Waals surface area contributed by atoms with Crippen molar-refractivity contribution in [2.24, 2.45) is 4.99 Å². The van der Waals surface area contributed by atoms with E-state index in [0.29, 0.717) is 11.5 Å². The Bertz CT molecular complexity index is 633. The topological polar surface area (TPSA) is 45.7 Å². The maximum Gasteiger partial charge on any atom is 0.144 e. The van der Waals surface area contributed by atoms with Crippen LogP contribution in [0.1, 0.15) is 58.4 Å². The van der Waals surface area contributed by atoms with Crippen LogP contribution in [0.2, 0.25) is 0 Å². The molecule has 118 valence electrons. The number of furan rings is 1. The fraction of sp³-hybridized carbons (Fsp3) is 0.421. The third-order valence-electron chi connectivity index (χ3n) is 3.59.